The molecule has 0 atom stereocenters. The highest BCUT2D eigenvalue weighted by molar-refractivity contribution is 4.90. The Labute approximate surface area is 46.3 Å². The Bertz CT molecular complexity index is 228. The number of rotatable bonds is 0. The van der Waals surface area contributed by atoms with Gasteiger partial charge in [-0.2, -0.15) is 0 Å². The predicted molar refractivity (Wildman–Crippen MR) is 29.7 cm³/mol. The van der Waals surface area contributed by atoms with Gasteiger partial charge in [0.25, 0.3) is 5.56 Å². The van der Waals surface area contributed by atoms with Crippen molar-refractivity contribution in [1.29, 1.82) is 0 Å². The summed E-state index contributed by atoms with van der Waals surface area (Å²) in [5.41, 5.74) is -0.219. The molecule has 0 saturated carbocycles. The van der Waals surface area contributed by atoms with Gasteiger partial charge in [-0.25, -0.2) is 4.68 Å². The zero-order valence-electron chi connectivity index (χ0n) is 4.16. The zero-order valence-corrected chi connectivity index (χ0v) is 4.16. The van der Waals surface area contributed by atoms with Crippen molar-refractivity contribution in [2.75, 3.05) is 5.84 Å². The molecule has 0 aromatic carbocycles. The van der Waals surface area contributed by atoms with E-state index in [9.17, 15) is 4.79 Å². The van der Waals surface area contributed by atoms with Crippen molar-refractivity contribution in [3.8, 4) is 0 Å². The average Bonchev–Trinajstić information content (AvgIpc) is 1.77. The molecule has 3 nitrogen and oxygen atoms in total. The van der Waals surface area contributed by atoms with Crippen LogP contribution in [0.25, 0.3) is 0 Å². The van der Waals surface area contributed by atoms with Crippen molar-refractivity contribution in [2.45, 2.75) is 0 Å². The minimum atomic E-state index is -0.219. The monoisotopic (exact) mass is 109 g/mol. The van der Waals surface area contributed by atoms with Gasteiger partial charge in [-0.15, -0.1) is 0 Å². The van der Waals surface area contributed by atoms with Crippen molar-refractivity contribution in [1.82, 2.24) is 4.68 Å². The van der Waals surface area contributed by atoms with E-state index in [1.807, 2.05) is 0 Å². The summed E-state index contributed by atoms with van der Waals surface area (Å²) in [4.78, 5) is 10.4. The van der Waals surface area contributed by atoms with Gasteiger partial charge in [0, 0.05) is 18.3 Å². The lowest BCUT2D eigenvalue weighted by Gasteiger charge is -1.89. The van der Waals surface area contributed by atoms with Crippen LogP contribution in [-0.2, 0) is 0 Å². The summed E-state index contributed by atoms with van der Waals surface area (Å²) in [6.45, 7) is 0. The minimum absolute atomic E-state index is 0.219. The minimum Gasteiger partial charge on any atom is -0.336 e. The first kappa shape index (κ1) is 4.90. The maximum absolute atomic E-state index is 10.4. The van der Waals surface area contributed by atoms with Crippen LogP contribution in [0, 0.1) is 6.07 Å². The molecule has 8 heavy (non-hydrogen) atoms. The normalized spacial score (nSPS) is 9.00. The SMILES string of the molecule is Nn1c[c]ccc1=O. The molecule has 1 rings (SSSR count). The molecule has 0 saturated heterocycles. The van der Waals surface area contributed by atoms with Gasteiger partial charge >= 0.3 is 0 Å². The van der Waals surface area contributed by atoms with E-state index < -0.39 is 0 Å². The van der Waals surface area contributed by atoms with Crippen LogP contribution in [0.5, 0.6) is 0 Å². The molecular formula is C5H5N2O. The van der Waals surface area contributed by atoms with Gasteiger partial charge in [-0.1, -0.05) is 0 Å². The van der Waals surface area contributed by atoms with E-state index in [0.29, 0.717) is 0 Å². The molecule has 0 aliphatic rings. The highest BCUT2D eigenvalue weighted by Crippen LogP contribution is 1.69. The number of hydrogen-bond donors (Lipinski definition) is 1. The number of hydrogen-bond acceptors (Lipinski definition) is 2. The number of nitrogens with two attached hydrogens (primary N) is 1. The van der Waals surface area contributed by atoms with E-state index >= 15 is 0 Å². The van der Waals surface area contributed by atoms with Crippen LogP contribution in [-0.4, -0.2) is 4.68 Å². The lowest BCUT2D eigenvalue weighted by molar-refractivity contribution is 0.935. The lowest BCUT2D eigenvalue weighted by Crippen LogP contribution is -2.24. The Morgan fingerprint density at radius 1 is 1.75 bits per heavy atom. The quantitative estimate of drug-likeness (QED) is 0.450. The van der Waals surface area contributed by atoms with Crippen molar-refractivity contribution in [3.05, 3.63) is 34.7 Å². The van der Waals surface area contributed by atoms with Gasteiger partial charge in [-0.3, -0.25) is 4.79 Å². The van der Waals surface area contributed by atoms with E-state index in [1.165, 1.54) is 18.3 Å². The molecule has 0 unspecified atom stereocenters. The molecule has 0 aliphatic heterocycles. The van der Waals surface area contributed by atoms with Gasteiger partial charge < -0.3 is 5.84 Å². The molecular weight excluding hydrogens is 104 g/mol. The standard InChI is InChI=1S/C5H5N2O/c6-7-4-2-1-3-5(7)8/h1,3-4H,6H2. The van der Waals surface area contributed by atoms with E-state index in [4.69, 9.17) is 5.84 Å². The first-order chi connectivity index (χ1) is 3.80. The third-order valence-electron chi connectivity index (χ3n) is 0.790. The van der Waals surface area contributed by atoms with Crippen molar-refractivity contribution >= 4 is 0 Å². The van der Waals surface area contributed by atoms with Crippen LogP contribution in [0.15, 0.2) is 23.1 Å². The smallest absolute Gasteiger partial charge is 0.268 e. The topological polar surface area (TPSA) is 48.0 Å². The average molecular weight is 109 g/mol. The zero-order chi connectivity index (χ0) is 5.98. The fraction of sp³-hybridized carbons (Fsp3) is 0. The summed E-state index contributed by atoms with van der Waals surface area (Å²) >= 11 is 0. The fourth-order valence-electron chi connectivity index (χ4n) is 0.392. The van der Waals surface area contributed by atoms with Crippen molar-refractivity contribution in [3.63, 3.8) is 0 Å². The van der Waals surface area contributed by atoms with Crippen LogP contribution in [0.4, 0.5) is 0 Å². The molecule has 1 radical (unpaired) electrons. The van der Waals surface area contributed by atoms with Gasteiger partial charge in [0.05, 0.1) is 0 Å². The molecule has 0 fully saturated rings. The summed E-state index contributed by atoms with van der Waals surface area (Å²) in [6, 6.07) is 5.51. The van der Waals surface area contributed by atoms with Crippen molar-refractivity contribution < 1.29 is 0 Å². The predicted octanol–water partition coefficient (Wildman–Crippen LogP) is -0.638. The summed E-state index contributed by atoms with van der Waals surface area (Å²) in [6.07, 6.45) is 1.38. The molecule has 1 aromatic rings. The molecule has 0 spiro atoms. The van der Waals surface area contributed by atoms with Crippen LogP contribution >= 0.6 is 0 Å². The summed E-state index contributed by atoms with van der Waals surface area (Å²) in [5, 5.41) is 0. The summed E-state index contributed by atoms with van der Waals surface area (Å²) in [7, 11) is 0. The lowest BCUT2D eigenvalue weighted by atomic mass is 10.5. The Balaban J connectivity index is 3.35. The van der Waals surface area contributed by atoms with Crippen LogP contribution in [0.2, 0.25) is 0 Å². The molecule has 0 aliphatic carbocycles. The number of aromatic nitrogens is 1. The third kappa shape index (κ3) is 0.703. The highest BCUT2D eigenvalue weighted by atomic mass is 16.1. The third-order valence-corrected chi connectivity index (χ3v) is 0.790. The van der Waals surface area contributed by atoms with Crippen LogP contribution < -0.4 is 11.4 Å². The largest absolute Gasteiger partial charge is 0.336 e. The van der Waals surface area contributed by atoms with Crippen molar-refractivity contribution in [2.24, 2.45) is 0 Å². The van der Waals surface area contributed by atoms with Crippen LogP contribution in [0.1, 0.15) is 0 Å². The second-order valence-corrected chi connectivity index (χ2v) is 1.37. The Morgan fingerprint density at radius 2 is 2.50 bits per heavy atom. The maximum atomic E-state index is 10.4. The van der Waals surface area contributed by atoms with Gasteiger partial charge in [0.15, 0.2) is 0 Å². The Hall–Kier alpha value is -1.25. The van der Waals surface area contributed by atoms with Gasteiger partial charge in [-0.05, 0) is 6.07 Å². The second kappa shape index (κ2) is 1.69. The molecule has 0 amide bonds. The number of nitrogen functional groups attached to an aromatic ring is 1. The fourth-order valence-corrected chi connectivity index (χ4v) is 0.392. The van der Waals surface area contributed by atoms with Gasteiger partial charge in [0.2, 0.25) is 0 Å². The first-order valence-corrected chi connectivity index (χ1v) is 2.14. The van der Waals surface area contributed by atoms with Crippen LogP contribution in [0.3, 0.4) is 0 Å². The van der Waals surface area contributed by atoms with E-state index in [1.54, 1.807) is 0 Å². The number of nitrogens with zero attached hydrogens (tertiary/aromatic N) is 1. The summed E-state index contributed by atoms with van der Waals surface area (Å²) in [5.74, 6) is 5.09. The summed E-state index contributed by atoms with van der Waals surface area (Å²) < 4.78 is 0.972. The van der Waals surface area contributed by atoms with E-state index in [0.717, 1.165) is 4.68 Å². The second-order valence-electron chi connectivity index (χ2n) is 1.37. The van der Waals surface area contributed by atoms with E-state index in [-0.39, 0.29) is 5.56 Å². The van der Waals surface area contributed by atoms with Gasteiger partial charge in [0.1, 0.15) is 0 Å². The molecule has 0 bridgehead atoms. The first-order valence-electron chi connectivity index (χ1n) is 2.14. The molecule has 2 N–H and O–H groups in total. The molecule has 1 aromatic heterocycles. The Kier molecular flexibility index (Phi) is 1.04. The van der Waals surface area contributed by atoms with E-state index in [2.05, 4.69) is 6.07 Å². The highest BCUT2D eigenvalue weighted by Gasteiger charge is 1.80. The molecule has 1 heterocycles. The Morgan fingerprint density at radius 3 is 2.88 bits per heavy atom. The molecule has 41 valence electrons. The maximum Gasteiger partial charge on any atom is 0.268 e. The molecule has 3 heteroatoms. The number of pyridine rings is 1.